The van der Waals surface area contributed by atoms with E-state index in [1.807, 2.05) is 0 Å². The van der Waals surface area contributed by atoms with E-state index in [0.717, 1.165) is 78.8 Å². The molecule has 1 heterocycles. The highest BCUT2D eigenvalue weighted by Crippen LogP contribution is 2.25. The summed E-state index contributed by atoms with van der Waals surface area (Å²) >= 11 is 0. The van der Waals surface area contributed by atoms with E-state index in [-0.39, 0.29) is 6.04 Å². The second kappa shape index (κ2) is 14.5. The average Bonchev–Trinajstić information content (AvgIpc) is 3.05. The number of benzene rings is 1. The van der Waals surface area contributed by atoms with Gasteiger partial charge in [-0.2, -0.15) is 0 Å². The lowest BCUT2D eigenvalue weighted by molar-refractivity contribution is 0.516. The molecule has 1 atom stereocenters. The van der Waals surface area contributed by atoms with Gasteiger partial charge in [-0.25, -0.2) is 0 Å². The van der Waals surface area contributed by atoms with Crippen molar-refractivity contribution >= 4 is 29.6 Å². The highest BCUT2D eigenvalue weighted by atomic mass is 15.0. The number of fused-ring (bicyclic) bond motifs is 1. The molecule has 0 aliphatic rings. The van der Waals surface area contributed by atoms with Crippen LogP contribution in [0.25, 0.3) is 23.9 Å². The number of allylic oxidation sites excluding steroid dienone is 3. The first kappa shape index (κ1) is 28.3. The summed E-state index contributed by atoms with van der Waals surface area (Å²) < 4.78 is 2.27. The van der Waals surface area contributed by atoms with E-state index in [9.17, 15) is 0 Å². The van der Waals surface area contributed by atoms with E-state index < -0.39 is 0 Å². The van der Waals surface area contributed by atoms with Crippen molar-refractivity contribution in [1.29, 1.82) is 0 Å². The highest BCUT2D eigenvalue weighted by molar-refractivity contribution is 5.94. The molecule has 1 N–H and O–H groups in total. The summed E-state index contributed by atoms with van der Waals surface area (Å²) in [5.41, 5.74) is 4.74. The summed E-state index contributed by atoms with van der Waals surface area (Å²) in [6.07, 6.45) is 11.0. The van der Waals surface area contributed by atoms with E-state index in [2.05, 4.69) is 93.6 Å². The molecule has 0 saturated heterocycles. The van der Waals surface area contributed by atoms with Crippen molar-refractivity contribution in [2.75, 3.05) is 11.9 Å². The summed E-state index contributed by atoms with van der Waals surface area (Å²) in [6.45, 7) is 28.4. The molecule has 2 rings (SSSR count). The molecule has 1 unspecified atom stereocenters. The van der Waals surface area contributed by atoms with Crippen molar-refractivity contribution in [2.24, 2.45) is 0 Å². The molecule has 0 amide bonds. The van der Waals surface area contributed by atoms with Crippen LogP contribution in [0.1, 0.15) is 91.0 Å². The molecule has 0 fully saturated rings. The summed E-state index contributed by atoms with van der Waals surface area (Å²) in [5, 5.41) is 8.01. The minimum absolute atomic E-state index is 0.177. The second-order valence-corrected chi connectivity index (χ2v) is 10.1. The number of nitrogens with one attached hydrogen (secondary N) is 1. The molecular weight excluding hydrogens is 424 g/mol. The largest absolute Gasteiger partial charge is 0.384 e. The van der Waals surface area contributed by atoms with E-state index in [0.29, 0.717) is 0 Å². The van der Waals surface area contributed by atoms with Crippen molar-refractivity contribution in [3.8, 4) is 11.8 Å². The second-order valence-electron chi connectivity index (χ2n) is 10.1. The standard InChI is InChI=1S/C33H46N2/c1-25(2)19-16-14-12-10-9-11-13-15-17-24-34-31-21-18-20-30-28(7)35(29(8)33(30)31)32(27(5)6)23-22-26(3)4/h18,20-21,32,34H,1,3,5,7-8,10,12-17,19,22-24H2,2,4,6H3. The number of unbranched alkanes of at least 4 members (excludes halogenated alkanes) is 5. The Morgan fingerprint density at radius 1 is 0.857 bits per heavy atom. The topological polar surface area (TPSA) is 17.0 Å². The first-order valence-corrected chi connectivity index (χ1v) is 13.2. The van der Waals surface area contributed by atoms with Crippen LogP contribution in [-0.4, -0.2) is 11.1 Å². The minimum Gasteiger partial charge on any atom is -0.384 e. The fourth-order valence-corrected chi connectivity index (χ4v) is 4.57. The summed E-state index contributed by atoms with van der Waals surface area (Å²) in [5.74, 6) is 6.68. The number of rotatable bonds is 15. The quantitative estimate of drug-likeness (QED) is 0.158. The molecule has 1 aromatic carbocycles. The Kier molecular flexibility index (Phi) is 11.7. The molecule has 2 nitrogen and oxygen atoms in total. The van der Waals surface area contributed by atoms with Gasteiger partial charge in [0.05, 0.1) is 6.04 Å². The van der Waals surface area contributed by atoms with Gasteiger partial charge in [-0.3, -0.25) is 0 Å². The van der Waals surface area contributed by atoms with Gasteiger partial charge in [0.25, 0.3) is 0 Å². The van der Waals surface area contributed by atoms with E-state index in [4.69, 9.17) is 0 Å². The van der Waals surface area contributed by atoms with E-state index in [1.165, 1.54) is 35.8 Å². The van der Waals surface area contributed by atoms with Crippen LogP contribution >= 0.6 is 0 Å². The zero-order valence-corrected chi connectivity index (χ0v) is 22.6. The molecule has 35 heavy (non-hydrogen) atoms. The van der Waals surface area contributed by atoms with Crippen LogP contribution < -0.4 is 16.0 Å². The third kappa shape index (κ3) is 8.66. The third-order valence-electron chi connectivity index (χ3n) is 6.54. The molecule has 0 spiro atoms. The molecule has 2 heteroatoms. The predicted octanol–water partition coefficient (Wildman–Crippen LogP) is 8.05. The van der Waals surface area contributed by atoms with Gasteiger partial charge in [0.2, 0.25) is 0 Å². The number of anilines is 1. The lowest BCUT2D eigenvalue weighted by atomic mass is 10.0. The molecule has 2 aromatic rings. The molecule has 0 radical (unpaired) electrons. The lowest BCUT2D eigenvalue weighted by Crippen LogP contribution is -2.30. The number of nitrogens with zero attached hydrogens (tertiary/aromatic N) is 1. The van der Waals surface area contributed by atoms with Crippen molar-refractivity contribution in [3.63, 3.8) is 0 Å². The Bertz CT molecular complexity index is 1180. The first-order valence-electron chi connectivity index (χ1n) is 13.2. The van der Waals surface area contributed by atoms with Gasteiger partial charge in [-0.15, -0.1) is 25.0 Å². The molecule has 0 saturated carbocycles. The third-order valence-corrected chi connectivity index (χ3v) is 6.54. The van der Waals surface area contributed by atoms with Crippen LogP contribution in [0.2, 0.25) is 0 Å². The molecule has 0 aliphatic heterocycles. The van der Waals surface area contributed by atoms with Gasteiger partial charge in [-0.1, -0.05) is 55.0 Å². The average molecular weight is 471 g/mol. The number of hydrogen-bond donors (Lipinski definition) is 1. The zero-order valence-electron chi connectivity index (χ0n) is 22.6. The number of aromatic nitrogens is 1. The number of hydrogen-bond acceptors (Lipinski definition) is 1. The van der Waals surface area contributed by atoms with Crippen LogP contribution in [0.4, 0.5) is 5.69 Å². The Morgan fingerprint density at radius 2 is 1.51 bits per heavy atom. The van der Waals surface area contributed by atoms with Crippen molar-refractivity contribution in [1.82, 2.24) is 4.57 Å². The zero-order chi connectivity index (χ0) is 25.8. The Labute approximate surface area is 214 Å². The molecule has 0 aliphatic carbocycles. The SMILES string of the molecule is C=C(C)CCCCCC#CCCCCNc1cccc2c(=C)n(C(CCC(=C)C)C(=C)C)c(=C)c12. The normalized spacial score (nSPS) is 11.6. The monoisotopic (exact) mass is 470 g/mol. The summed E-state index contributed by atoms with van der Waals surface area (Å²) in [4.78, 5) is 0. The van der Waals surface area contributed by atoms with Gasteiger partial charge >= 0.3 is 0 Å². The molecular formula is C33H46N2. The Morgan fingerprint density at radius 3 is 2.14 bits per heavy atom. The lowest BCUT2D eigenvalue weighted by Gasteiger charge is -2.20. The van der Waals surface area contributed by atoms with Crippen molar-refractivity contribution in [3.05, 3.63) is 65.4 Å². The molecule has 1 aromatic heterocycles. The predicted molar refractivity (Wildman–Crippen MR) is 158 cm³/mol. The summed E-state index contributed by atoms with van der Waals surface area (Å²) in [6, 6.07) is 6.58. The minimum atomic E-state index is 0.177. The van der Waals surface area contributed by atoms with Crippen LogP contribution in [0.5, 0.6) is 0 Å². The van der Waals surface area contributed by atoms with Crippen LogP contribution in [-0.2, 0) is 0 Å². The fraction of sp³-hybridized carbons (Fsp3) is 0.455. The van der Waals surface area contributed by atoms with Crippen LogP contribution in [0.3, 0.4) is 0 Å². The van der Waals surface area contributed by atoms with Crippen LogP contribution in [0.15, 0.2) is 54.7 Å². The van der Waals surface area contributed by atoms with Gasteiger partial charge in [-0.05, 0) is 71.8 Å². The van der Waals surface area contributed by atoms with E-state index >= 15 is 0 Å². The maximum Gasteiger partial charge on any atom is 0.0549 e. The summed E-state index contributed by atoms with van der Waals surface area (Å²) in [7, 11) is 0. The van der Waals surface area contributed by atoms with Gasteiger partial charge in [0.15, 0.2) is 0 Å². The fourth-order valence-electron chi connectivity index (χ4n) is 4.57. The van der Waals surface area contributed by atoms with Gasteiger partial charge < -0.3 is 9.88 Å². The maximum absolute atomic E-state index is 4.47. The first-order chi connectivity index (χ1) is 16.7. The Hall–Kier alpha value is -2.92. The van der Waals surface area contributed by atoms with Crippen LogP contribution in [0, 0.1) is 11.8 Å². The maximum atomic E-state index is 4.47. The van der Waals surface area contributed by atoms with Crippen molar-refractivity contribution in [2.45, 2.75) is 91.0 Å². The van der Waals surface area contributed by atoms with E-state index in [1.54, 1.807) is 0 Å². The van der Waals surface area contributed by atoms with Gasteiger partial charge in [0, 0.05) is 46.5 Å². The Balaban J connectivity index is 1.94. The highest BCUT2D eigenvalue weighted by Gasteiger charge is 2.17. The molecule has 0 bridgehead atoms. The smallest absolute Gasteiger partial charge is 0.0549 e. The van der Waals surface area contributed by atoms with Gasteiger partial charge in [0.1, 0.15) is 0 Å². The van der Waals surface area contributed by atoms with Crippen molar-refractivity contribution < 1.29 is 0 Å². The molecule has 188 valence electrons.